The predicted molar refractivity (Wildman–Crippen MR) is 293 cm³/mol. The average Bonchev–Trinajstić information content (AvgIpc) is 4.09. The molecule has 328 valence electrons. The molecule has 0 fully saturated rings. The standard InChI is InChI=1S/C66H43N3O/c1-4-18-50(19-5-1)67(54-33-36-66-60(43-54)57-27-12-15-30-65(57)70-66)53-24-16-17-44(40-53)47-37-48(45-31-34-63-58(41-45)55-25-10-13-28-61(55)68(63)51-20-6-2-7-21-51)39-49(38-47)46-32-35-64-59(42-46)56-26-11-14-29-62(56)69(64)52-22-8-3-9-23-52/h1-43H. The van der Waals surface area contributed by atoms with Crippen LogP contribution in [0.4, 0.5) is 17.1 Å². The van der Waals surface area contributed by atoms with Crippen LogP contribution in [0.1, 0.15) is 0 Å². The van der Waals surface area contributed by atoms with Gasteiger partial charge in [-0.3, -0.25) is 0 Å². The van der Waals surface area contributed by atoms with Gasteiger partial charge >= 0.3 is 0 Å². The molecule has 0 saturated heterocycles. The molecule has 4 nitrogen and oxygen atoms in total. The van der Waals surface area contributed by atoms with E-state index in [-0.39, 0.29) is 0 Å². The number of aromatic nitrogens is 2. The van der Waals surface area contributed by atoms with Gasteiger partial charge in [0.05, 0.1) is 22.1 Å². The van der Waals surface area contributed by atoms with E-state index < -0.39 is 0 Å². The molecule has 14 aromatic rings. The third-order valence-corrected chi connectivity index (χ3v) is 14.0. The molecule has 0 aliphatic carbocycles. The summed E-state index contributed by atoms with van der Waals surface area (Å²) in [5.41, 5.74) is 18.9. The minimum atomic E-state index is 0.877. The first-order chi connectivity index (χ1) is 34.7. The van der Waals surface area contributed by atoms with E-state index >= 15 is 0 Å². The molecule has 0 amide bonds. The number of fused-ring (bicyclic) bond motifs is 9. The summed E-state index contributed by atoms with van der Waals surface area (Å²) in [4.78, 5) is 2.35. The summed E-state index contributed by atoms with van der Waals surface area (Å²) in [6.07, 6.45) is 0. The smallest absolute Gasteiger partial charge is 0.135 e. The minimum absolute atomic E-state index is 0.877. The molecule has 0 bridgehead atoms. The van der Waals surface area contributed by atoms with E-state index in [1.54, 1.807) is 0 Å². The number of benzene rings is 11. The van der Waals surface area contributed by atoms with Crippen molar-refractivity contribution < 1.29 is 4.42 Å². The zero-order valence-electron chi connectivity index (χ0n) is 38.1. The molecule has 0 N–H and O–H groups in total. The fourth-order valence-electron chi connectivity index (χ4n) is 10.8. The highest BCUT2D eigenvalue weighted by molar-refractivity contribution is 6.12. The molecule has 0 saturated carbocycles. The first-order valence-electron chi connectivity index (χ1n) is 23.9. The van der Waals surface area contributed by atoms with Gasteiger partial charge in [-0.15, -0.1) is 0 Å². The van der Waals surface area contributed by atoms with Crippen LogP contribution in [0, 0.1) is 0 Å². The van der Waals surface area contributed by atoms with Gasteiger partial charge in [-0.2, -0.15) is 0 Å². The molecule has 11 aromatic carbocycles. The van der Waals surface area contributed by atoms with Crippen LogP contribution in [0.5, 0.6) is 0 Å². The molecular weight excluding hydrogens is 851 g/mol. The topological polar surface area (TPSA) is 26.2 Å². The molecule has 14 rings (SSSR count). The van der Waals surface area contributed by atoms with Crippen molar-refractivity contribution in [3.05, 3.63) is 261 Å². The van der Waals surface area contributed by atoms with Crippen LogP contribution >= 0.6 is 0 Å². The van der Waals surface area contributed by atoms with Gasteiger partial charge in [0.25, 0.3) is 0 Å². The van der Waals surface area contributed by atoms with Crippen molar-refractivity contribution in [3.8, 4) is 44.8 Å². The SMILES string of the molecule is c1ccc(N(c2cccc(-c3cc(-c4ccc5c(c4)c4ccccc4n5-c4ccccc4)cc(-c4ccc5c(c4)c4ccccc4n5-c4ccccc4)c3)c2)c2ccc3oc4ccccc4c3c2)cc1. The molecule has 0 aliphatic heterocycles. The summed E-state index contributed by atoms with van der Waals surface area (Å²) >= 11 is 0. The van der Waals surface area contributed by atoms with Gasteiger partial charge in [-0.25, -0.2) is 0 Å². The van der Waals surface area contributed by atoms with Crippen molar-refractivity contribution in [1.82, 2.24) is 9.13 Å². The molecule has 0 aliphatic rings. The van der Waals surface area contributed by atoms with Crippen LogP contribution in [0.25, 0.3) is 110 Å². The maximum Gasteiger partial charge on any atom is 0.135 e. The largest absolute Gasteiger partial charge is 0.456 e. The Hall–Kier alpha value is -9.38. The Bertz CT molecular complexity index is 4120. The third-order valence-electron chi connectivity index (χ3n) is 14.0. The van der Waals surface area contributed by atoms with E-state index in [4.69, 9.17) is 4.42 Å². The van der Waals surface area contributed by atoms with Gasteiger partial charge < -0.3 is 18.5 Å². The highest BCUT2D eigenvalue weighted by Gasteiger charge is 2.19. The second-order valence-corrected chi connectivity index (χ2v) is 18.1. The maximum atomic E-state index is 6.28. The Labute approximate surface area is 404 Å². The number of hydrogen-bond donors (Lipinski definition) is 0. The van der Waals surface area contributed by atoms with Crippen LogP contribution < -0.4 is 4.90 Å². The second kappa shape index (κ2) is 16.2. The van der Waals surface area contributed by atoms with Crippen LogP contribution in [-0.4, -0.2) is 9.13 Å². The van der Waals surface area contributed by atoms with Crippen molar-refractivity contribution in [1.29, 1.82) is 0 Å². The van der Waals surface area contributed by atoms with Crippen molar-refractivity contribution in [2.45, 2.75) is 0 Å². The van der Waals surface area contributed by atoms with Crippen molar-refractivity contribution in [3.63, 3.8) is 0 Å². The van der Waals surface area contributed by atoms with Crippen LogP contribution in [0.2, 0.25) is 0 Å². The number of nitrogens with zero attached hydrogens (tertiary/aromatic N) is 3. The van der Waals surface area contributed by atoms with E-state index in [2.05, 4.69) is 263 Å². The summed E-state index contributed by atoms with van der Waals surface area (Å²) in [6.45, 7) is 0. The van der Waals surface area contributed by atoms with Gasteiger partial charge in [0.15, 0.2) is 0 Å². The summed E-state index contributed by atoms with van der Waals surface area (Å²) in [7, 11) is 0. The van der Waals surface area contributed by atoms with Gasteiger partial charge in [0, 0.05) is 60.8 Å². The number of para-hydroxylation sites is 6. The molecule has 0 unspecified atom stereocenters. The fourth-order valence-corrected chi connectivity index (χ4v) is 10.8. The number of hydrogen-bond acceptors (Lipinski definition) is 2. The zero-order chi connectivity index (χ0) is 46.1. The van der Waals surface area contributed by atoms with Gasteiger partial charge in [0.1, 0.15) is 11.2 Å². The molecule has 0 radical (unpaired) electrons. The first kappa shape index (κ1) is 39.8. The van der Waals surface area contributed by atoms with Crippen LogP contribution in [-0.2, 0) is 0 Å². The third kappa shape index (κ3) is 6.53. The van der Waals surface area contributed by atoms with Gasteiger partial charge in [-0.1, -0.05) is 133 Å². The average molecular weight is 894 g/mol. The first-order valence-corrected chi connectivity index (χ1v) is 23.9. The second-order valence-electron chi connectivity index (χ2n) is 18.1. The molecular formula is C66H43N3O. The fraction of sp³-hybridized carbons (Fsp3) is 0. The number of anilines is 3. The quantitative estimate of drug-likeness (QED) is 0.152. The molecule has 4 heteroatoms. The van der Waals surface area contributed by atoms with Crippen molar-refractivity contribution >= 4 is 82.6 Å². The lowest BCUT2D eigenvalue weighted by atomic mass is 9.92. The highest BCUT2D eigenvalue weighted by Crippen LogP contribution is 2.43. The molecule has 0 spiro atoms. The Balaban J connectivity index is 0.966. The highest BCUT2D eigenvalue weighted by atomic mass is 16.3. The number of furan rings is 1. The van der Waals surface area contributed by atoms with Crippen molar-refractivity contribution in [2.24, 2.45) is 0 Å². The summed E-state index contributed by atoms with van der Waals surface area (Å²) in [6, 6.07) is 94.4. The lowest BCUT2D eigenvalue weighted by molar-refractivity contribution is 0.669. The Morgan fingerprint density at radius 1 is 0.243 bits per heavy atom. The van der Waals surface area contributed by atoms with E-state index in [9.17, 15) is 0 Å². The molecule has 70 heavy (non-hydrogen) atoms. The van der Waals surface area contributed by atoms with E-state index in [1.165, 1.54) is 43.6 Å². The monoisotopic (exact) mass is 893 g/mol. The van der Waals surface area contributed by atoms with Gasteiger partial charge in [0.2, 0.25) is 0 Å². The Morgan fingerprint density at radius 2 is 0.686 bits per heavy atom. The summed E-state index contributed by atoms with van der Waals surface area (Å²) < 4.78 is 11.0. The van der Waals surface area contributed by atoms with Crippen LogP contribution in [0.15, 0.2) is 265 Å². The van der Waals surface area contributed by atoms with E-state index in [1.807, 2.05) is 12.1 Å². The van der Waals surface area contributed by atoms with Gasteiger partial charge in [-0.05, 0) is 161 Å². The molecule has 0 atom stereocenters. The predicted octanol–water partition coefficient (Wildman–Crippen LogP) is 18.3. The van der Waals surface area contributed by atoms with Crippen molar-refractivity contribution in [2.75, 3.05) is 4.90 Å². The summed E-state index contributed by atoms with van der Waals surface area (Å²) in [5, 5.41) is 7.11. The number of rotatable bonds is 8. The van der Waals surface area contributed by atoms with Crippen LogP contribution in [0.3, 0.4) is 0 Å². The normalized spacial score (nSPS) is 11.7. The summed E-state index contributed by atoms with van der Waals surface area (Å²) in [5.74, 6) is 0. The maximum absolute atomic E-state index is 6.28. The Morgan fingerprint density at radius 3 is 1.27 bits per heavy atom. The lowest BCUT2D eigenvalue weighted by Gasteiger charge is -2.26. The Kier molecular flexibility index (Phi) is 9.17. The van der Waals surface area contributed by atoms with E-state index in [0.717, 1.165) is 83.8 Å². The molecule has 3 heterocycles. The lowest BCUT2D eigenvalue weighted by Crippen LogP contribution is -2.09. The molecule has 3 aromatic heterocycles. The zero-order valence-corrected chi connectivity index (χ0v) is 38.1. The van der Waals surface area contributed by atoms with E-state index in [0.29, 0.717) is 0 Å². The minimum Gasteiger partial charge on any atom is -0.456 e.